The fraction of sp³-hybridized carbons (Fsp3) is 0.273. The molecule has 2 aromatic carbocycles. The van der Waals surface area contributed by atoms with E-state index in [4.69, 9.17) is 0 Å². The fourth-order valence-electron chi connectivity index (χ4n) is 3.27. The molecule has 3 aromatic rings. The molecular formula is C22H25N5O5S. The molecule has 0 aliphatic carbocycles. The Hall–Kier alpha value is -3.57. The van der Waals surface area contributed by atoms with Gasteiger partial charge in [-0.2, -0.15) is 5.10 Å². The summed E-state index contributed by atoms with van der Waals surface area (Å²) in [6.45, 7) is 3.03. The van der Waals surface area contributed by atoms with Gasteiger partial charge in [-0.3, -0.25) is 14.4 Å². The van der Waals surface area contributed by atoms with Crippen LogP contribution in [0.1, 0.15) is 21.6 Å². The number of carbonyl (C=O) groups is 2. The number of rotatable bonds is 6. The fourth-order valence-corrected chi connectivity index (χ4v) is 4.28. The highest BCUT2D eigenvalue weighted by molar-refractivity contribution is 7.89. The molecule has 174 valence electrons. The van der Waals surface area contributed by atoms with E-state index in [1.165, 1.54) is 33.3 Å². The Morgan fingerprint density at radius 1 is 1.09 bits per heavy atom. The van der Waals surface area contributed by atoms with Gasteiger partial charge in [0, 0.05) is 32.2 Å². The topological polar surface area (TPSA) is 130 Å². The van der Waals surface area contributed by atoms with Gasteiger partial charge in [0.1, 0.15) is 6.54 Å². The van der Waals surface area contributed by atoms with Crippen LogP contribution in [0.15, 0.2) is 46.1 Å². The van der Waals surface area contributed by atoms with Gasteiger partial charge >= 0.3 is 0 Å². The molecule has 2 amide bonds. The quantitative estimate of drug-likeness (QED) is 0.557. The normalized spacial score (nSPS) is 11.6. The Labute approximate surface area is 191 Å². The predicted molar refractivity (Wildman–Crippen MR) is 125 cm³/mol. The Balaban J connectivity index is 2.00. The minimum atomic E-state index is -3.71. The van der Waals surface area contributed by atoms with Gasteiger partial charge in [-0.05, 0) is 43.2 Å². The highest BCUT2D eigenvalue weighted by Crippen LogP contribution is 2.25. The van der Waals surface area contributed by atoms with Crippen LogP contribution in [-0.2, 0) is 21.4 Å². The number of carbonyl (C=O) groups excluding carboxylic acids is 2. The number of benzene rings is 2. The van der Waals surface area contributed by atoms with Gasteiger partial charge in [0.05, 0.1) is 10.3 Å². The molecule has 0 saturated carbocycles. The number of anilines is 1. The van der Waals surface area contributed by atoms with Crippen molar-refractivity contribution in [3.8, 4) is 0 Å². The standard InChI is InChI=1S/C22H25N5O5S/c1-13-10-15(33(31,32)26(4)5)11-18(14(13)2)24-19(28)12-27-22(30)17-9-7-6-8-16(17)20(25-27)21(29)23-3/h6-11H,12H2,1-5H3,(H,23,29)(H,24,28). The molecule has 3 rings (SSSR count). The average molecular weight is 472 g/mol. The molecule has 0 aliphatic heterocycles. The molecule has 0 radical (unpaired) electrons. The van der Waals surface area contributed by atoms with Crippen molar-refractivity contribution in [1.82, 2.24) is 19.4 Å². The summed E-state index contributed by atoms with van der Waals surface area (Å²) < 4.78 is 27.1. The Morgan fingerprint density at radius 3 is 2.33 bits per heavy atom. The molecule has 0 aliphatic rings. The van der Waals surface area contributed by atoms with Gasteiger partial charge in [0.2, 0.25) is 15.9 Å². The molecule has 0 bridgehead atoms. The lowest BCUT2D eigenvalue weighted by Crippen LogP contribution is -2.33. The Kier molecular flexibility index (Phi) is 6.65. The van der Waals surface area contributed by atoms with Crippen LogP contribution in [0.4, 0.5) is 5.69 Å². The summed E-state index contributed by atoms with van der Waals surface area (Å²) in [5, 5.41) is 9.88. The predicted octanol–water partition coefficient (Wildman–Crippen LogP) is 1.26. The van der Waals surface area contributed by atoms with Crippen LogP contribution < -0.4 is 16.2 Å². The number of amides is 2. The summed E-state index contributed by atoms with van der Waals surface area (Å²) >= 11 is 0. The summed E-state index contributed by atoms with van der Waals surface area (Å²) in [7, 11) is 0.575. The van der Waals surface area contributed by atoms with E-state index in [0.717, 1.165) is 8.99 Å². The van der Waals surface area contributed by atoms with Crippen LogP contribution in [0.25, 0.3) is 10.8 Å². The molecule has 33 heavy (non-hydrogen) atoms. The number of hydrogen-bond acceptors (Lipinski definition) is 6. The number of aromatic nitrogens is 2. The second kappa shape index (κ2) is 9.12. The molecule has 0 fully saturated rings. The van der Waals surface area contributed by atoms with Crippen molar-refractivity contribution >= 4 is 38.3 Å². The van der Waals surface area contributed by atoms with Crippen LogP contribution in [0, 0.1) is 13.8 Å². The molecular weight excluding hydrogens is 446 g/mol. The van der Waals surface area contributed by atoms with Crippen LogP contribution in [0.5, 0.6) is 0 Å². The summed E-state index contributed by atoms with van der Waals surface area (Å²) in [5.74, 6) is -1.09. The van der Waals surface area contributed by atoms with E-state index in [2.05, 4.69) is 15.7 Å². The summed E-state index contributed by atoms with van der Waals surface area (Å²) in [6, 6.07) is 9.43. The van der Waals surface area contributed by atoms with E-state index in [0.29, 0.717) is 22.2 Å². The molecule has 0 atom stereocenters. The molecule has 0 unspecified atom stereocenters. The first-order chi connectivity index (χ1) is 15.5. The number of fused-ring (bicyclic) bond motifs is 1. The summed E-state index contributed by atoms with van der Waals surface area (Å²) in [6.07, 6.45) is 0. The van der Waals surface area contributed by atoms with Crippen molar-refractivity contribution in [1.29, 1.82) is 0 Å². The third-order valence-electron chi connectivity index (χ3n) is 5.30. The third-order valence-corrected chi connectivity index (χ3v) is 7.09. The van der Waals surface area contributed by atoms with Crippen molar-refractivity contribution in [2.45, 2.75) is 25.3 Å². The molecule has 1 aromatic heterocycles. The van der Waals surface area contributed by atoms with Gasteiger partial charge in [-0.25, -0.2) is 17.4 Å². The van der Waals surface area contributed by atoms with Crippen molar-refractivity contribution in [2.75, 3.05) is 26.5 Å². The lowest BCUT2D eigenvalue weighted by atomic mass is 10.1. The number of aryl methyl sites for hydroxylation is 1. The zero-order chi connectivity index (χ0) is 24.5. The van der Waals surface area contributed by atoms with Gasteiger partial charge in [-0.1, -0.05) is 18.2 Å². The Bertz CT molecular complexity index is 1430. The first-order valence-corrected chi connectivity index (χ1v) is 11.5. The first kappa shape index (κ1) is 24.1. The van der Waals surface area contributed by atoms with E-state index < -0.39 is 33.9 Å². The number of nitrogens with one attached hydrogen (secondary N) is 2. The zero-order valence-electron chi connectivity index (χ0n) is 19.0. The number of nitrogens with zero attached hydrogens (tertiary/aromatic N) is 3. The SMILES string of the molecule is CNC(=O)c1nn(CC(=O)Nc2cc(S(=O)(=O)N(C)C)cc(C)c2C)c(=O)c2ccccc12. The van der Waals surface area contributed by atoms with Crippen molar-refractivity contribution in [3.63, 3.8) is 0 Å². The second-order valence-corrected chi connectivity index (χ2v) is 9.84. The molecule has 1 heterocycles. The monoisotopic (exact) mass is 471 g/mol. The first-order valence-electron chi connectivity index (χ1n) is 10.0. The number of sulfonamides is 1. The molecule has 0 saturated heterocycles. The number of hydrogen-bond donors (Lipinski definition) is 2. The van der Waals surface area contributed by atoms with Gasteiger partial charge < -0.3 is 10.6 Å². The summed E-state index contributed by atoms with van der Waals surface area (Å²) in [4.78, 5) is 38.0. The average Bonchev–Trinajstić information content (AvgIpc) is 2.77. The van der Waals surface area contributed by atoms with Crippen LogP contribution in [0.2, 0.25) is 0 Å². The van der Waals surface area contributed by atoms with Crippen molar-refractivity contribution in [3.05, 3.63) is 63.6 Å². The van der Waals surface area contributed by atoms with Crippen molar-refractivity contribution < 1.29 is 18.0 Å². The van der Waals surface area contributed by atoms with Gasteiger partial charge in [0.15, 0.2) is 5.69 Å². The second-order valence-electron chi connectivity index (χ2n) is 7.68. The minimum absolute atomic E-state index is 0.0200. The minimum Gasteiger partial charge on any atom is -0.354 e. The highest BCUT2D eigenvalue weighted by atomic mass is 32.2. The van der Waals surface area contributed by atoms with E-state index in [-0.39, 0.29) is 16.0 Å². The smallest absolute Gasteiger partial charge is 0.275 e. The van der Waals surface area contributed by atoms with E-state index in [1.807, 2.05) is 0 Å². The van der Waals surface area contributed by atoms with Crippen molar-refractivity contribution in [2.24, 2.45) is 0 Å². The molecule has 11 heteroatoms. The Morgan fingerprint density at radius 2 is 1.73 bits per heavy atom. The van der Waals surface area contributed by atoms with Crippen LogP contribution in [-0.4, -0.2) is 55.5 Å². The largest absolute Gasteiger partial charge is 0.354 e. The maximum Gasteiger partial charge on any atom is 0.275 e. The lowest BCUT2D eigenvalue weighted by Gasteiger charge is -2.17. The maximum atomic E-state index is 12.9. The zero-order valence-corrected chi connectivity index (χ0v) is 19.8. The van der Waals surface area contributed by atoms with Gasteiger partial charge in [-0.15, -0.1) is 0 Å². The highest BCUT2D eigenvalue weighted by Gasteiger charge is 2.21. The van der Waals surface area contributed by atoms with E-state index in [9.17, 15) is 22.8 Å². The van der Waals surface area contributed by atoms with Crippen LogP contribution >= 0.6 is 0 Å². The lowest BCUT2D eigenvalue weighted by molar-refractivity contribution is -0.117. The molecule has 10 nitrogen and oxygen atoms in total. The maximum absolute atomic E-state index is 12.9. The summed E-state index contributed by atoms with van der Waals surface area (Å²) in [5.41, 5.74) is 1.17. The van der Waals surface area contributed by atoms with E-state index >= 15 is 0 Å². The molecule has 0 spiro atoms. The van der Waals surface area contributed by atoms with Crippen LogP contribution in [0.3, 0.4) is 0 Å². The molecule has 2 N–H and O–H groups in total. The van der Waals surface area contributed by atoms with E-state index in [1.54, 1.807) is 38.1 Å². The third kappa shape index (κ3) is 4.64. The van der Waals surface area contributed by atoms with Gasteiger partial charge in [0.25, 0.3) is 11.5 Å².